The zero-order valence-electron chi connectivity index (χ0n) is 12.0. The maximum atomic E-state index is 11.8. The molecule has 1 aromatic heterocycles. The van der Waals surface area contributed by atoms with Crippen LogP contribution < -0.4 is 5.73 Å². The van der Waals surface area contributed by atoms with Crippen LogP contribution in [-0.2, 0) is 16.6 Å². The fourth-order valence-corrected chi connectivity index (χ4v) is 4.85. The quantitative estimate of drug-likeness (QED) is 0.571. The lowest BCUT2D eigenvalue weighted by atomic mass is 10.0. The minimum atomic E-state index is -1.09. The molecule has 1 saturated heterocycles. The van der Waals surface area contributed by atoms with Gasteiger partial charge in [-0.2, -0.15) is 5.10 Å². The van der Waals surface area contributed by atoms with E-state index in [1.54, 1.807) is 18.7 Å². The molecule has 3 N–H and O–H groups in total. The lowest BCUT2D eigenvalue weighted by molar-refractivity contribution is -0.147. The van der Waals surface area contributed by atoms with Crippen LogP contribution >= 0.6 is 23.5 Å². The minimum Gasteiger partial charge on any atom is -0.477 e. The van der Waals surface area contributed by atoms with Gasteiger partial charge in [0.2, 0.25) is 5.91 Å². The van der Waals surface area contributed by atoms with Crippen LogP contribution in [0.3, 0.4) is 0 Å². The zero-order chi connectivity index (χ0) is 16.0. The zero-order valence-corrected chi connectivity index (χ0v) is 13.6. The summed E-state index contributed by atoms with van der Waals surface area (Å²) in [4.78, 5) is 29.0. The lowest BCUT2D eigenvalue weighted by Gasteiger charge is -2.48. The molecule has 0 aliphatic carbocycles. The van der Waals surface area contributed by atoms with Gasteiger partial charge in [-0.05, 0) is 12.5 Å². The highest BCUT2D eigenvalue weighted by Crippen LogP contribution is 2.40. The van der Waals surface area contributed by atoms with E-state index in [-0.39, 0.29) is 17.0 Å². The largest absolute Gasteiger partial charge is 0.477 e. The van der Waals surface area contributed by atoms with Crippen molar-refractivity contribution in [3.63, 3.8) is 0 Å². The summed E-state index contributed by atoms with van der Waals surface area (Å²) in [5.41, 5.74) is 6.50. The van der Waals surface area contributed by atoms with Crippen LogP contribution in [0.2, 0.25) is 0 Å². The Kier molecular flexibility index (Phi) is 3.91. The van der Waals surface area contributed by atoms with Crippen LogP contribution in [0, 0.1) is 6.92 Å². The minimum absolute atomic E-state index is 0.0711. The van der Waals surface area contributed by atoms with Crippen molar-refractivity contribution in [3.05, 3.63) is 17.1 Å². The molecule has 2 aliphatic heterocycles. The predicted molar refractivity (Wildman–Crippen MR) is 82.2 cm³/mol. The van der Waals surface area contributed by atoms with Gasteiger partial charge < -0.3 is 10.8 Å². The van der Waals surface area contributed by atoms with Gasteiger partial charge in [0.25, 0.3) is 0 Å². The molecule has 1 aromatic rings. The summed E-state index contributed by atoms with van der Waals surface area (Å²) in [5.74, 6) is 0.251. The van der Waals surface area contributed by atoms with E-state index in [0.29, 0.717) is 28.1 Å². The van der Waals surface area contributed by atoms with E-state index in [4.69, 9.17) is 5.73 Å². The molecule has 8 nitrogen and oxygen atoms in total. The fourth-order valence-electron chi connectivity index (χ4n) is 2.46. The number of aromatic nitrogens is 3. The number of nitrogens with two attached hydrogens (primary N) is 1. The Bertz CT molecular complexity index is 686. The molecular formula is C12H15N5O3S2. The summed E-state index contributed by atoms with van der Waals surface area (Å²) in [6, 6.07) is -0.602. The van der Waals surface area contributed by atoms with Gasteiger partial charge in [-0.15, -0.1) is 11.8 Å². The Hall–Kier alpha value is -1.52. The van der Waals surface area contributed by atoms with Gasteiger partial charge in [0.05, 0.1) is 0 Å². The number of hydrogen-bond donors (Lipinski definition) is 2. The highest BCUT2D eigenvalue weighted by atomic mass is 32.2. The Morgan fingerprint density at radius 2 is 2.32 bits per heavy atom. The molecule has 22 heavy (non-hydrogen) atoms. The van der Waals surface area contributed by atoms with Crippen LogP contribution in [0.1, 0.15) is 5.82 Å². The molecule has 118 valence electrons. The van der Waals surface area contributed by atoms with E-state index >= 15 is 0 Å². The molecule has 0 bridgehead atoms. The average molecular weight is 341 g/mol. The van der Waals surface area contributed by atoms with Crippen LogP contribution in [0.25, 0.3) is 0 Å². The SMILES string of the molecule is Cc1nc(SCC2=C(C(=O)O)N3C(=O)C(N)[C@H]3SC2)n(C)n1. The van der Waals surface area contributed by atoms with E-state index in [2.05, 4.69) is 10.1 Å². The molecule has 2 atom stereocenters. The molecule has 2 aliphatic rings. The Balaban J connectivity index is 1.83. The van der Waals surface area contributed by atoms with Gasteiger partial charge in [-0.25, -0.2) is 14.5 Å². The van der Waals surface area contributed by atoms with Crippen LogP contribution in [-0.4, -0.2) is 59.6 Å². The Morgan fingerprint density at radius 1 is 1.59 bits per heavy atom. The van der Waals surface area contributed by atoms with Crippen molar-refractivity contribution in [3.8, 4) is 0 Å². The van der Waals surface area contributed by atoms with Crippen molar-refractivity contribution < 1.29 is 14.7 Å². The molecule has 0 saturated carbocycles. The summed E-state index contributed by atoms with van der Waals surface area (Å²) in [7, 11) is 1.79. The third kappa shape index (κ3) is 2.40. The van der Waals surface area contributed by atoms with Gasteiger partial charge in [0, 0.05) is 18.6 Å². The fraction of sp³-hybridized carbons (Fsp3) is 0.500. The van der Waals surface area contributed by atoms with Crippen LogP contribution in [0.5, 0.6) is 0 Å². The summed E-state index contributed by atoms with van der Waals surface area (Å²) in [5, 5.41) is 14.1. The lowest BCUT2D eigenvalue weighted by Crippen LogP contribution is -2.68. The number of carboxylic acids is 1. The first-order chi connectivity index (χ1) is 10.4. The number of hydrogen-bond acceptors (Lipinski definition) is 7. The standard InChI is InChI=1S/C12H15N5O3S2/c1-5-14-12(16(2)15-5)22-4-6-3-21-10-7(13)9(18)17(10)8(6)11(19)20/h7,10H,3-4,13H2,1-2H3,(H,19,20)/t7?,10-/m1/s1. The van der Waals surface area contributed by atoms with Gasteiger partial charge in [0.1, 0.15) is 22.9 Å². The Morgan fingerprint density at radius 3 is 2.91 bits per heavy atom. The molecule has 3 rings (SSSR count). The van der Waals surface area contributed by atoms with E-state index in [1.165, 1.54) is 28.4 Å². The average Bonchev–Trinajstić information content (AvgIpc) is 2.80. The third-order valence-corrected chi connectivity index (χ3v) is 5.96. The predicted octanol–water partition coefficient (Wildman–Crippen LogP) is -0.203. The first kappa shape index (κ1) is 15.4. The molecule has 0 radical (unpaired) electrons. The summed E-state index contributed by atoms with van der Waals surface area (Å²) in [6.07, 6.45) is 0. The second kappa shape index (κ2) is 5.60. The number of aryl methyl sites for hydroxylation is 2. The molecule has 1 unspecified atom stereocenters. The number of β-lactam (4-membered cyclic amide) rings is 1. The summed E-state index contributed by atoms with van der Waals surface area (Å²) < 4.78 is 1.66. The van der Waals surface area contributed by atoms with Gasteiger partial charge in [-0.3, -0.25) is 9.69 Å². The number of aliphatic carboxylic acids is 1. The molecular weight excluding hydrogens is 326 g/mol. The highest BCUT2D eigenvalue weighted by Gasteiger charge is 2.51. The number of rotatable bonds is 4. The third-order valence-electron chi connectivity index (χ3n) is 3.50. The maximum Gasteiger partial charge on any atom is 0.352 e. The first-order valence-corrected chi connectivity index (χ1v) is 8.59. The van der Waals surface area contributed by atoms with Gasteiger partial charge in [-0.1, -0.05) is 11.8 Å². The number of nitrogens with zero attached hydrogens (tertiary/aromatic N) is 4. The maximum absolute atomic E-state index is 11.8. The number of carbonyl (C=O) groups is 2. The highest BCUT2D eigenvalue weighted by molar-refractivity contribution is 8.01. The number of thioether (sulfide) groups is 2. The summed E-state index contributed by atoms with van der Waals surface area (Å²) in [6.45, 7) is 1.80. The smallest absolute Gasteiger partial charge is 0.352 e. The topological polar surface area (TPSA) is 114 Å². The van der Waals surface area contributed by atoms with E-state index < -0.39 is 12.0 Å². The number of amides is 1. The van der Waals surface area contributed by atoms with Crippen molar-refractivity contribution >= 4 is 35.4 Å². The van der Waals surface area contributed by atoms with Crippen LogP contribution in [0.15, 0.2) is 16.4 Å². The van der Waals surface area contributed by atoms with E-state index in [1.807, 2.05) is 0 Å². The number of carbonyl (C=O) groups excluding carboxylic acids is 1. The van der Waals surface area contributed by atoms with E-state index in [0.717, 1.165) is 0 Å². The van der Waals surface area contributed by atoms with E-state index in [9.17, 15) is 14.7 Å². The normalized spacial score (nSPS) is 24.3. The monoisotopic (exact) mass is 341 g/mol. The molecule has 3 heterocycles. The second-order valence-electron chi connectivity index (χ2n) is 5.05. The first-order valence-electron chi connectivity index (χ1n) is 6.56. The number of fused-ring (bicyclic) bond motifs is 1. The molecule has 1 amide bonds. The van der Waals surface area contributed by atoms with Gasteiger partial charge in [0.15, 0.2) is 5.16 Å². The Labute approximate surface area is 135 Å². The van der Waals surface area contributed by atoms with Crippen molar-refractivity contribution in [1.29, 1.82) is 0 Å². The van der Waals surface area contributed by atoms with Crippen molar-refractivity contribution in [2.75, 3.05) is 11.5 Å². The molecule has 0 aromatic carbocycles. The van der Waals surface area contributed by atoms with Crippen LogP contribution in [0.4, 0.5) is 0 Å². The molecule has 1 fully saturated rings. The van der Waals surface area contributed by atoms with Crippen molar-refractivity contribution in [1.82, 2.24) is 19.7 Å². The van der Waals surface area contributed by atoms with Gasteiger partial charge >= 0.3 is 5.97 Å². The molecule has 0 spiro atoms. The number of carboxylic acid groups (broad SMARTS) is 1. The second-order valence-corrected chi connectivity index (χ2v) is 7.09. The van der Waals surface area contributed by atoms with Crippen molar-refractivity contribution in [2.24, 2.45) is 12.8 Å². The van der Waals surface area contributed by atoms with Crippen molar-refractivity contribution in [2.45, 2.75) is 23.5 Å². The summed E-state index contributed by atoms with van der Waals surface area (Å²) >= 11 is 2.91. The molecule has 10 heteroatoms.